The van der Waals surface area contributed by atoms with Gasteiger partial charge in [-0.2, -0.15) is 0 Å². The lowest BCUT2D eigenvalue weighted by Gasteiger charge is -2.30. The molecule has 0 spiro atoms. The van der Waals surface area contributed by atoms with Crippen LogP contribution in [0.4, 0.5) is 4.39 Å². The Morgan fingerprint density at radius 3 is 2.69 bits per heavy atom. The number of rotatable bonds is 2. The van der Waals surface area contributed by atoms with Crippen LogP contribution in [0.5, 0.6) is 0 Å². The molecule has 1 aromatic carbocycles. The smallest absolute Gasteiger partial charge is 0.128 e. The molecule has 0 aromatic heterocycles. The van der Waals surface area contributed by atoms with E-state index < -0.39 is 0 Å². The van der Waals surface area contributed by atoms with Crippen molar-refractivity contribution in [1.29, 1.82) is 0 Å². The van der Waals surface area contributed by atoms with Crippen molar-refractivity contribution in [2.75, 3.05) is 13.1 Å². The first-order valence-corrected chi connectivity index (χ1v) is 5.21. The minimum absolute atomic E-state index is 0.110. The molecule has 1 aliphatic rings. The van der Waals surface area contributed by atoms with Crippen LogP contribution in [0.3, 0.4) is 0 Å². The first-order valence-electron chi connectivity index (χ1n) is 4.42. The van der Waals surface area contributed by atoms with Gasteiger partial charge in [-0.3, -0.25) is 4.90 Å². The zero-order valence-electron chi connectivity index (χ0n) is 7.26. The second-order valence-corrected chi connectivity index (χ2v) is 4.28. The van der Waals surface area contributed by atoms with Gasteiger partial charge in [-0.1, -0.05) is 22.0 Å². The van der Waals surface area contributed by atoms with Crippen LogP contribution in [0.2, 0.25) is 0 Å². The van der Waals surface area contributed by atoms with E-state index in [9.17, 15) is 4.39 Å². The SMILES string of the molecule is Fc1cc(Br)ccc1CN1CCC1. The predicted octanol–water partition coefficient (Wildman–Crippen LogP) is 2.79. The molecule has 1 aliphatic heterocycles. The topological polar surface area (TPSA) is 3.24 Å². The molecule has 0 atom stereocenters. The van der Waals surface area contributed by atoms with Crippen LogP contribution in [-0.4, -0.2) is 18.0 Å². The Balaban J connectivity index is 2.10. The highest BCUT2D eigenvalue weighted by Gasteiger charge is 2.15. The summed E-state index contributed by atoms with van der Waals surface area (Å²) >= 11 is 3.24. The standard InChI is InChI=1S/C10H11BrFN/c11-9-3-2-8(10(12)6-9)7-13-4-1-5-13/h2-3,6H,1,4-5,7H2. The lowest BCUT2D eigenvalue weighted by molar-refractivity contribution is 0.170. The minimum atomic E-state index is -0.110. The maximum atomic E-state index is 13.3. The fourth-order valence-electron chi connectivity index (χ4n) is 1.43. The Bertz CT molecular complexity index is 310. The van der Waals surface area contributed by atoms with Crippen molar-refractivity contribution >= 4 is 15.9 Å². The first-order chi connectivity index (χ1) is 6.25. The summed E-state index contributed by atoms with van der Waals surface area (Å²) in [6.45, 7) is 2.96. The van der Waals surface area contributed by atoms with Crippen molar-refractivity contribution in [2.45, 2.75) is 13.0 Å². The summed E-state index contributed by atoms with van der Waals surface area (Å²) in [5.74, 6) is -0.110. The zero-order valence-corrected chi connectivity index (χ0v) is 8.85. The summed E-state index contributed by atoms with van der Waals surface area (Å²) in [5, 5.41) is 0. The highest BCUT2D eigenvalue weighted by Crippen LogP contribution is 2.18. The van der Waals surface area contributed by atoms with Crippen molar-refractivity contribution in [3.63, 3.8) is 0 Å². The van der Waals surface area contributed by atoms with Crippen LogP contribution < -0.4 is 0 Å². The van der Waals surface area contributed by atoms with E-state index in [-0.39, 0.29) is 5.82 Å². The summed E-state index contributed by atoms with van der Waals surface area (Å²) in [4.78, 5) is 2.24. The third-order valence-electron chi connectivity index (χ3n) is 2.36. The lowest BCUT2D eigenvalue weighted by atomic mass is 10.1. The third kappa shape index (κ3) is 2.09. The van der Waals surface area contributed by atoms with E-state index in [2.05, 4.69) is 20.8 Å². The number of halogens is 2. The number of nitrogens with zero attached hydrogens (tertiary/aromatic N) is 1. The summed E-state index contributed by atoms with van der Waals surface area (Å²) in [7, 11) is 0. The van der Waals surface area contributed by atoms with Crippen molar-refractivity contribution in [2.24, 2.45) is 0 Å². The van der Waals surface area contributed by atoms with Gasteiger partial charge in [-0.15, -0.1) is 0 Å². The average Bonchev–Trinajstić information content (AvgIpc) is 1.99. The van der Waals surface area contributed by atoms with Crippen molar-refractivity contribution < 1.29 is 4.39 Å². The van der Waals surface area contributed by atoms with E-state index >= 15 is 0 Å². The van der Waals surface area contributed by atoms with Crippen LogP contribution in [0.15, 0.2) is 22.7 Å². The minimum Gasteiger partial charge on any atom is -0.299 e. The third-order valence-corrected chi connectivity index (χ3v) is 2.85. The second-order valence-electron chi connectivity index (χ2n) is 3.37. The highest BCUT2D eigenvalue weighted by atomic mass is 79.9. The van der Waals surface area contributed by atoms with E-state index in [0.29, 0.717) is 0 Å². The maximum Gasteiger partial charge on any atom is 0.128 e. The van der Waals surface area contributed by atoms with Gasteiger partial charge in [0.15, 0.2) is 0 Å². The Morgan fingerprint density at radius 2 is 2.15 bits per heavy atom. The normalized spacial score (nSPS) is 17.1. The van der Waals surface area contributed by atoms with Gasteiger partial charge in [0.25, 0.3) is 0 Å². The average molecular weight is 244 g/mol. The van der Waals surface area contributed by atoms with E-state index in [4.69, 9.17) is 0 Å². The van der Waals surface area contributed by atoms with Gasteiger partial charge in [-0.05, 0) is 31.6 Å². The highest BCUT2D eigenvalue weighted by molar-refractivity contribution is 9.10. The summed E-state index contributed by atoms with van der Waals surface area (Å²) < 4.78 is 14.1. The predicted molar refractivity (Wildman–Crippen MR) is 54.0 cm³/mol. The van der Waals surface area contributed by atoms with Gasteiger partial charge in [0, 0.05) is 16.6 Å². The Morgan fingerprint density at radius 1 is 1.38 bits per heavy atom. The number of benzene rings is 1. The molecule has 1 nitrogen and oxygen atoms in total. The monoisotopic (exact) mass is 243 g/mol. The molecule has 1 aromatic rings. The fraction of sp³-hybridized carbons (Fsp3) is 0.400. The maximum absolute atomic E-state index is 13.3. The molecule has 0 aliphatic carbocycles. The largest absolute Gasteiger partial charge is 0.299 e. The van der Waals surface area contributed by atoms with Gasteiger partial charge >= 0.3 is 0 Å². The fourth-order valence-corrected chi connectivity index (χ4v) is 1.76. The van der Waals surface area contributed by atoms with Crippen LogP contribution >= 0.6 is 15.9 Å². The molecule has 1 heterocycles. The molecule has 70 valence electrons. The van der Waals surface area contributed by atoms with Gasteiger partial charge in [0.05, 0.1) is 0 Å². The quantitative estimate of drug-likeness (QED) is 0.773. The first kappa shape index (κ1) is 9.16. The van der Waals surface area contributed by atoms with Gasteiger partial charge < -0.3 is 0 Å². The summed E-state index contributed by atoms with van der Waals surface area (Å²) in [5.41, 5.74) is 0.794. The van der Waals surface area contributed by atoms with Crippen LogP contribution in [0.1, 0.15) is 12.0 Å². The molecule has 2 rings (SSSR count). The molecular weight excluding hydrogens is 233 g/mol. The van der Waals surface area contributed by atoms with Crippen LogP contribution in [0.25, 0.3) is 0 Å². The molecular formula is C10H11BrFN. The molecule has 13 heavy (non-hydrogen) atoms. The van der Waals surface area contributed by atoms with Crippen LogP contribution in [0, 0.1) is 5.82 Å². The molecule has 0 saturated carbocycles. The van der Waals surface area contributed by atoms with E-state index in [1.807, 2.05) is 12.1 Å². The summed E-state index contributed by atoms with van der Waals surface area (Å²) in [6.07, 6.45) is 1.25. The van der Waals surface area contributed by atoms with E-state index in [0.717, 1.165) is 29.7 Å². The van der Waals surface area contributed by atoms with E-state index in [1.54, 1.807) is 0 Å². The number of hydrogen-bond donors (Lipinski definition) is 0. The molecule has 1 fully saturated rings. The van der Waals surface area contributed by atoms with E-state index in [1.165, 1.54) is 12.5 Å². The number of hydrogen-bond acceptors (Lipinski definition) is 1. The molecule has 0 radical (unpaired) electrons. The van der Waals surface area contributed by atoms with Crippen LogP contribution in [-0.2, 0) is 6.54 Å². The van der Waals surface area contributed by atoms with Gasteiger partial charge in [-0.25, -0.2) is 4.39 Å². The summed E-state index contributed by atoms with van der Waals surface area (Å²) in [6, 6.07) is 5.26. The second kappa shape index (κ2) is 3.76. The van der Waals surface area contributed by atoms with Crippen molar-refractivity contribution in [3.05, 3.63) is 34.1 Å². The van der Waals surface area contributed by atoms with Gasteiger partial charge in [0.2, 0.25) is 0 Å². The zero-order chi connectivity index (χ0) is 9.26. The van der Waals surface area contributed by atoms with Crippen molar-refractivity contribution in [3.8, 4) is 0 Å². The molecule has 0 bridgehead atoms. The molecule has 1 saturated heterocycles. The Hall–Kier alpha value is -0.410. The number of likely N-dealkylation sites (tertiary alicyclic amines) is 1. The molecule has 0 N–H and O–H groups in total. The van der Waals surface area contributed by atoms with Crippen molar-refractivity contribution in [1.82, 2.24) is 4.90 Å². The molecule has 3 heteroatoms. The molecule has 0 unspecified atom stereocenters. The lowest BCUT2D eigenvalue weighted by Crippen LogP contribution is -2.36. The van der Waals surface area contributed by atoms with Gasteiger partial charge in [0.1, 0.15) is 5.82 Å². The Labute approximate surface area is 85.7 Å². The Kier molecular flexibility index (Phi) is 2.65. The molecule has 0 amide bonds.